The third-order valence-corrected chi connectivity index (χ3v) is 2.76. The van der Waals surface area contributed by atoms with Gasteiger partial charge in [0, 0.05) is 17.8 Å². The Morgan fingerprint density at radius 2 is 1.68 bits per heavy atom. The monoisotopic (exact) mass is 286 g/mol. The Kier molecular flexibility index (Phi) is 4.29. The molecule has 0 aromatic heterocycles. The normalized spacial score (nSPS) is 10.5. The van der Waals surface area contributed by atoms with E-state index in [0.29, 0.717) is 0 Å². The van der Waals surface area contributed by atoms with Gasteiger partial charge in [0.25, 0.3) is 0 Å². The second-order valence-corrected chi connectivity index (χ2v) is 4.20. The van der Waals surface area contributed by atoms with Gasteiger partial charge in [0.15, 0.2) is 11.6 Å². The van der Waals surface area contributed by atoms with Crippen molar-refractivity contribution in [2.45, 2.75) is 6.54 Å². The minimum atomic E-state index is -1.28. The van der Waals surface area contributed by atoms with E-state index in [1.165, 1.54) is 0 Å². The van der Waals surface area contributed by atoms with Gasteiger partial charge in [-0.25, -0.2) is 18.6 Å². The molecule has 0 aliphatic carbocycles. The van der Waals surface area contributed by atoms with Crippen LogP contribution in [0.4, 0.5) is 18.9 Å². The molecule has 0 aliphatic rings. The lowest BCUT2D eigenvalue weighted by Crippen LogP contribution is -2.22. The number of halogens is 4. The van der Waals surface area contributed by atoms with Gasteiger partial charge in [0.05, 0.1) is 5.02 Å². The van der Waals surface area contributed by atoms with E-state index in [1.807, 2.05) is 6.07 Å². The van der Waals surface area contributed by atoms with Crippen molar-refractivity contribution in [3.8, 4) is 0 Å². The summed E-state index contributed by atoms with van der Waals surface area (Å²) < 4.78 is 40.1. The van der Waals surface area contributed by atoms with Crippen molar-refractivity contribution in [3.05, 3.63) is 64.4 Å². The zero-order valence-corrected chi connectivity index (χ0v) is 10.4. The van der Waals surface area contributed by atoms with Crippen LogP contribution >= 0.6 is 11.6 Å². The van der Waals surface area contributed by atoms with Crippen molar-refractivity contribution in [1.29, 1.82) is 0 Å². The van der Waals surface area contributed by atoms with Gasteiger partial charge in [-0.05, 0) is 18.2 Å². The van der Waals surface area contributed by atoms with Crippen LogP contribution in [0, 0.1) is 17.5 Å². The topological polar surface area (TPSA) is 24.1 Å². The fraction of sp³-hybridized carbons (Fsp3) is 0.0769. The largest absolute Gasteiger partial charge is 0.321 e. The summed E-state index contributed by atoms with van der Waals surface area (Å²) in [7, 11) is 0. The number of benzene rings is 2. The molecular weight excluding hydrogens is 277 g/mol. The predicted octanol–water partition coefficient (Wildman–Crippen LogP) is 3.87. The number of hydrogen-bond donors (Lipinski definition) is 2. The van der Waals surface area contributed by atoms with Gasteiger partial charge < -0.3 is 5.43 Å². The minimum Gasteiger partial charge on any atom is -0.321 e. The molecule has 0 radical (unpaired) electrons. The van der Waals surface area contributed by atoms with E-state index in [-0.39, 0.29) is 6.54 Å². The van der Waals surface area contributed by atoms with E-state index >= 15 is 0 Å². The van der Waals surface area contributed by atoms with Crippen LogP contribution in [0.3, 0.4) is 0 Å². The SMILES string of the molecule is Fc1cc(Cl)c(F)c(F)c1CNNc1ccccc1. The molecule has 2 N–H and O–H groups in total. The van der Waals surface area contributed by atoms with Gasteiger partial charge in [0.1, 0.15) is 5.82 Å². The van der Waals surface area contributed by atoms with Crippen LogP contribution in [0.2, 0.25) is 5.02 Å². The van der Waals surface area contributed by atoms with Crippen molar-refractivity contribution in [1.82, 2.24) is 5.43 Å². The first-order chi connectivity index (χ1) is 9.09. The predicted molar refractivity (Wildman–Crippen MR) is 68.2 cm³/mol. The Morgan fingerprint density at radius 3 is 2.37 bits per heavy atom. The van der Waals surface area contributed by atoms with E-state index in [2.05, 4.69) is 10.9 Å². The lowest BCUT2D eigenvalue weighted by Gasteiger charge is -2.10. The molecule has 0 bridgehead atoms. The summed E-state index contributed by atoms with van der Waals surface area (Å²) in [5.41, 5.74) is 5.66. The van der Waals surface area contributed by atoms with Crippen LogP contribution in [0.1, 0.15) is 5.56 Å². The first kappa shape index (κ1) is 13.7. The average Bonchev–Trinajstić information content (AvgIpc) is 2.41. The third-order valence-electron chi connectivity index (χ3n) is 2.48. The molecule has 0 fully saturated rings. The number of para-hydroxylation sites is 1. The van der Waals surface area contributed by atoms with Crippen molar-refractivity contribution in [2.24, 2.45) is 0 Å². The second kappa shape index (κ2) is 5.95. The van der Waals surface area contributed by atoms with Crippen LogP contribution < -0.4 is 10.9 Å². The smallest absolute Gasteiger partial charge is 0.177 e. The van der Waals surface area contributed by atoms with Crippen molar-refractivity contribution >= 4 is 17.3 Å². The highest BCUT2D eigenvalue weighted by molar-refractivity contribution is 6.30. The maximum absolute atomic E-state index is 13.5. The lowest BCUT2D eigenvalue weighted by molar-refractivity contribution is 0.475. The second-order valence-electron chi connectivity index (χ2n) is 3.79. The molecule has 2 rings (SSSR count). The van der Waals surface area contributed by atoms with Gasteiger partial charge >= 0.3 is 0 Å². The molecule has 0 amide bonds. The molecule has 0 aliphatic heterocycles. The highest BCUT2D eigenvalue weighted by Crippen LogP contribution is 2.23. The van der Waals surface area contributed by atoms with Crippen LogP contribution in [0.25, 0.3) is 0 Å². The van der Waals surface area contributed by atoms with E-state index in [9.17, 15) is 13.2 Å². The molecule has 19 heavy (non-hydrogen) atoms. The van der Waals surface area contributed by atoms with E-state index in [4.69, 9.17) is 11.6 Å². The molecule has 6 heteroatoms. The van der Waals surface area contributed by atoms with Crippen molar-refractivity contribution in [3.63, 3.8) is 0 Å². The number of hydrogen-bond acceptors (Lipinski definition) is 2. The van der Waals surface area contributed by atoms with Gasteiger partial charge in [0.2, 0.25) is 0 Å². The van der Waals surface area contributed by atoms with Gasteiger partial charge in [-0.2, -0.15) is 0 Å². The summed E-state index contributed by atoms with van der Waals surface area (Å²) in [6, 6.07) is 9.71. The van der Waals surface area contributed by atoms with Gasteiger partial charge in [-0.1, -0.05) is 29.8 Å². The minimum absolute atomic E-state index is 0.222. The number of anilines is 1. The fourth-order valence-corrected chi connectivity index (χ4v) is 1.70. The third kappa shape index (κ3) is 3.19. The Hall–Kier alpha value is -1.72. The Labute approximate surface area is 113 Å². The number of rotatable bonds is 4. The van der Waals surface area contributed by atoms with Crippen LogP contribution in [0.5, 0.6) is 0 Å². The maximum atomic E-state index is 13.5. The van der Waals surface area contributed by atoms with Gasteiger partial charge in [-0.15, -0.1) is 0 Å². The van der Waals surface area contributed by atoms with Crippen LogP contribution in [-0.4, -0.2) is 0 Å². The van der Waals surface area contributed by atoms with E-state index in [1.54, 1.807) is 24.3 Å². The average molecular weight is 287 g/mol. The molecule has 0 unspecified atom stereocenters. The zero-order chi connectivity index (χ0) is 13.8. The summed E-state index contributed by atoms with van der Waals surface area (Å²) in [4.78, 5) is 0. The fourth-order valence-electron chi connectivity index (χ4n) is 1.52. The zero-order valence-electron chi connectivity index (χ0n) is 9.68. The Balaban J connectivity index is 2.06. The summed E-state index contributed by atoms with van der Waals surface area (Å²) in [5, 5.41) is -0.574. The standard InChI is InChI=1S/C13H10ClF3N2/c14-10-6-11(15)9(12(16)13(10)17)7-18-19-8-4-2-1-3-5-8/h1-6,18-19H,7H2. The molecule has 2 aromatic rings. The van der Waals surface area contributed by atoms with Crippen LogP contribution in [0.15, 0.2) is 36.4 Å². The molecule has 0 saturated heterocycles. The highest BCUT2D eigenvalue weighted by atomic mass is 35.5. The summed E-state index contributed by atoms with van der Waals surface area (Å²) in [6.07, 6.45) is 0. The molecule has 0 saturated carbocycles. The molecule has 2 aromatic carbocycles. The molecule has 0 spiro atoms. The Morgan fingerprint density at radius 1 is 1.00 bits per heavy atom. The molecule has 0 atom stereocenters. The highest BCUT2D eigenvalue weighted by Gasteiger charge is 2.17. The molecule has 100 valence electrons. The van der Waals surface area contributed by atoms with E-state index in [0.717, 1.165) is 11.8 Å². The first-order valence-corrected chi connectivity index (χ1v) is 5.83. The number of nitrogens with one attached hydrogen (secondary N) is 2. The molecular formula is C13H10ClF3N2. The molecule has 0 heterocycles. The lowest BCUT2D eigenvalue weighted by atomic mass is 10.2. The Bertz CT molecular complexity index is 576. The summed E-state index contributed by atoms with van der Waals surface area (Å²) in [5.74, 6) is -3.43. The summed E-state index contributed by atoms with van der Waals surface area (Å²) >= 11 is 5.33. The quantitative estimate of drug-likeness (QED) is 0.506. The number of hydrazine groups is 1. The van der Waals surface area contributed by atoms with Crippen molar-refractivity contribution in [2.75, 3.05) is 5.43 Å². The summed E-state index contributed by atoms with van der Waals surface area (Å²) in [6.45, 7) is -0.222. The maximum Gasteiger partial charge on any atom is 0.177 e. The van der Waals surface area contributed by atoms with Crippen LogP contribution in [-0.2, 0) is 6.54 Å². The van der Waals surface area contributed by atoms with E-state index < -0.39 is 28.0 Å². The van der Waals surface area contributed by atoms with Gasteiger partial charge in [-0.3, -0.25) is 0 Å². The van der Waals surface area contributed by atoms with Crippen molar-refractivity contribution < 1.29 is 13.2 Å². The molecule has 2 nitrogen and oxygen atoms in total. The first-order valence-electron chi connectivity index (χ1n) is 5.45.